The van der Waals surface area contributed by atoms with Crippen LogP contribution in [0.4, 0.5) is 10.7 Å². The first-order valence-corrected chi connectivity index (χ1v) is 5.47. The molecule has 1 amide bonds. The molecule has 0 saturated heterocycles. The van der Waals surface area contributed by atoms with Gasteiger partial charge in [-0.3, -0.25) is 4.79 Å². The van der Waals surface area contributed by atoms with E-state index in [0.29, 0.717) is 30.3 Å². The van der Waals surface area contributed by atoms with Gasteiger partial charge in [-0.05, 0) is 13.0 Å². The lowest BCUT2D eigenvalue weighted by atomic mass is 10.4. The molecule has 0 aliphatic heterocycles. The van der Waals surface area contributed by atoms with Crippen LogP contribution in [-0.2, 0) is 4.74 Å². The minimum atomic E-state index is -0.490. The summed E-state index contributed by atoms with van der Waals surface area (Å²) in [5, 5.41) is 3.94. The fourth-order valence-electron chi connectivity index (χ4n) is 1.08. The normalized spacial score (nSPS) is 10.2. The Bertz CT molecular complexity index is 338. The Balaban J connectivity index is 2.48. The number of hydrogen-bond donors (Lipinski definition) is 3. The van der Waals surface area contributed by atoms with Crippen LogP contribution in [0, 0.1) is 0 Å². The summed E-state index contributed by atoms with van der Waals surface area (Å²) in [6.45, 7) is 3.95. The zero-order valence-electron chi connectivity index (χ0n) is 8.58. The number of primary amides is 1. The zero-order valence-corrected chi connectivity index (χ0v) is 9.39. The lowest BCUT2D eigenvalue weighted by Crippen LogP contribution is -2.10. The van der Waals surface area contributed by atoms with E-state index in [2.05, 4.69) is 5.32 Å². The number of rotatable bonds is 6. The van der Waals surface area contributed by atoms with Crippen LogP contribution in [0.5, 0.6) is 0 Å². The summed E-state index contributed by atoms with van der Waals surface area (Å²) in [4.78, 5) is 11.3. The summed E-state index contributed by atoms with van der Waals surface area (Å²) < 4.78 is 5.16. The van der Waals surface area contributed by atoms with Crippen molar-refractivity contribution < 1.29 is 9.53 Å². The number of carbonyl (C=O) groups excluding carboxylic acids is 1. The van der Waals surface area contributed by atoms with Gasteiger partial charge in [0.1, 0.15) is 4.88 Å². The fraction of sp³-hybridized carbons (Fsp3) is 0.444. The van der Waals surface area contributed by atoms with Crippen LogP contribution in [0.2, 0.25) is 0 Å². The Labute approximate surface area is 92.4 Å². The maximum absolute atomic E-state index is 10.9. The number of anilines is 2. The smallest absolute Gasteiger partial charge is 0.260 e. The third-order valence-electron chi connectivity index (χ3n) is 1.73. The predicted octanol–water partition coefficient (Wildman–Crippen LogP) is 0.878. The van der Waals surface area contributed by atoms with Crippen LogP contribution in [-0.4, -0.2) is 25.7 Å². The van der Waals surface area contributed by atoms with Crippen molar-refractivity contribution in [2.24, 2.45) is 5.73 Å². The van der Waals surface area contributed by atoms with Crippen LogP contribution >= 0.6 is 11.3 Å². The molecule has 0 aliphatic carbocycles. The Morgan fingerprint density at radius 3 is 2.93 bits per heavy atom. The summed E-state index contributed by atoms with van der Waals surface area (Å²) in [5.74, 6) is -0.490. The lowest BCUT2D eigenvalue weighted by Gasteiger charge is -2.02. The van der Waals surface area contributed by atoms with E-state index in [-0.39, 0.29) is 0 Å². The molecule has 0 aliphatic rings. The molecule has 1 rings (SSSR count). The van der Waals surface area contributed by atoms with Gasteiger partial charge in [-0.2, -0.15) is 0 Å². The monoisotopic (exact) mass is 229 g/mol. The fourth-order valence-corrected chi connectivity index (χ4v) is 1.93. The van der Waals surface area contributed by atoms with Gasteiger partial charge in [-0.1, -0.05) is 0 Å². The van der Waals surface area contributed by atoms with E-state index in [0.717, 1.165) is 5.00 Å². The van der Waals surface area contributed by atoms with Crippen LogP contribution in [0.15, 0.2) is 6.07 Å². The molecule has 0 radical (unpaired) electrons. The predicted molar refractivity (Wildman–Crippen MR) is 62.2 cm³/mol. The van der Waals surface area contributed by atoms with E-state index in [1.807, 2.05) is 6.92 Å². The topological polar surface area (TPSA) is 90.4 Å². The summed E-state index contributed by atoms with van der Waals surface area (Å²) in [6, 6.07) is 1.71. The SMILES string of the molecule is CCOCCNc1cc(N)c(C(N)=O)s1. The first kappa shape index (κ1) is 11.8. The number of amides is 1. The van der Waals surface area contributed by atoms with Crippen molar-refractivity contribution in [3.63, 3.8) is 0 Å². The highest BCUT2D eigenvalue weighted by Crippen LogP contribution is 2.28. The van der Waals surface area contributed by atoms with Crippen molar-refractivity contribution in [3.8, 4) is 0 Å². The number of nitrogens with one attached hydrogen (secondary N) is 1. The zero-order chi connectivity index (χ0) is 11.3. The number of carbonyl (C=O) groups is 1. The number of nitrogens with two attached hydrogens (primary N) is 2. The minimum Gasteiger partial charge on any atom is -0.397 e. The van der Waals surface area contributed by atoms with Crippen molar-refractivity contribution in [2.75, 3.05) is 30.8 Å². The van der Waals surface area contributed by atoms with Crippen molar-refractivity contribution in [1.82, 2.24) is 0 Å². The highest BCUT2D eigenvalue weighted by atomic mass is 32.1. The van der Waals surface area contributed by atoms with Crippen molar-refractivity contribution in [3.05, 3.63) is 10.9 Å². The van der Waals surface area contributed by atoms with Crippen LogP contribution in [0.3, 0.4) is 0 Å². The van der Waals surface area contributed by atoms with E-state index in [4.69, 9.17) is 16.2 Å². The summed E-state index contributed by atoms with van der Waals surface area (Å²) >= 11 is 1.26. The van der Waals surface area contributed by atoms with Crippen molar-refractivity contribution >= 4 is 27.9 Å². The van der Waals surface area contributed by atoms with Gasteiger partial charge in [0.05, 0.1) is 17.3 Å². The summed E-state index contributed by atoms with van der Waals surface area (Å²) in [5.41, 5.74) is 11.2. The second kappa shape index (κ2) is 5.57. The quantitative estimate of drug-likeness (QED) is 0.631. The van der Waals surface area contributed by atoms with E-state index in [1.54, 1.807) is 6.07 Å². The Morgan fingerprint density at radius 1 is 1.67 bits per heavy atom. The van der Waals surface area contributed by atoms with Gasteiger partial charge >= 0.3 is 0 Å². The van der Waals surface area contributed by atoms with Crippen molar-refractivity contribution in [1.29, 1.82) is 0 Å². The first-order chi connectivity index (χ1) is 7.15. The van der Waals surface area contributed by atoms with Gasteiger partial charge in [0.2, 0.25) is 0 Å². The molecule has 0 unspecified atom stereocenters. The average molecular weight is 229 g/mol. The highest BCUT2D eigenvalue weighted by molar-refractivity contribution is 7.18. The molecule has 1 aromatic rings. The maximum atomic E-state index is 10.9. The van der Waals surface area contributed by atoms with Gasteiger partial charge in [0.25, 0.3) is 5.91 Å². The largest absolute Gasteiger partial charge is 0.397 e. The summed E-state index contributed by atoms with van der Waals surface area (Å²) in [6.07, 6.45) is 0. The van der Waals surface area contributed by atoms with Gasteiger partial charge in [-0.15, -0.1) is 11.3 Å². The number of thiophene rings is 1. The Kier molecular flexibility index (Phi) is 4.38. The van der Waals surface area contributed by atoms with Gasteiger partial charge in [-0.25, -0.2) is 0 Å². The summed E-state index contributed by atoms with van der Waals surface area (Å²) in [7, 11) is 0. The minimum absolute atomic E-state index is 0.397. The van der Waals surface area contributed by atoms with Crippen molar-refractivity contribution in [2.45, 2.75) is 6.92 Å². The molecule has 84 valence electrons. The molecule has 5 nitrogen and oxygen atoms in total. The second-order valence-electron chi connectivity index (χ2n) is 2.88. The molecule has 1 heterocycles. The third kappa shape index (κ3) is 3.41. The van der Waals surface area contributed by atoms with E-state index >= 15 is 0 Å². The van der Waals surface area contributed by atoms with Crippen LogP contribution in [0.1, 0.15) is 16.6 Å². The molecule has 1 aromatic heterocycles. The number of hydrogen-bond acceptors (Lipinski definition) is 5. The first-order valence-electron chi connectivity index (χ1n) is 4.66. The van der Waals surface area contributed by atoms with Gasteiger partial charge in [0.15, 0.2) is 0 Å². The molecule has 6 heteroatoms. The highest BCUT2D eigenvalue weighted by Gasteiger charge is 2.10. The molecule has 15 heavy (non-hydrogen) atoms. The molecule has 0 saturated carbocycles. The lowest BCUT2D eigenvalue weighted by molar-refractivity contribution is 0.100. The molecule has 5 N–H and O–H groups in total. The average Bonchev–Trinajstić information content (AvgIpc) is 2.55. The molecule has 0 atom stereocenters. The molecule has 0 aromatic carbocycles. The molecule has 0 bridgehead atoms. The molecular weight excluding hydrogens is 214 g/mol. The van der Waals surface area contributed by atoms with Gasteiger partial charge < -0.3 is 21.5 Å². The Morgan fingerprint density at radius 2 is 2.40 bits per heavy atom. The third-order valence-corrected chi connectivity index (χ3v) is 2.86. The van der Waals surface area contributed by atoms with E-state index in [1.165, 1.54) is 11.3 Å². The standard InChI is InChI=1S/C9H15N3O2S/c1-2-14-4-3-12-7-5-6(10)8(15-7)9(11)13/h5,12H,2-4,10H2,1H3,(H2,11,13). The number of ether oxygens (including phenoxy) is 1. The number of nitrogen functional groups attached to an aromatic ring is 1. The van der Waals surface area contributed by atoms with Crippen LogP contribution < -0.4 is 16.8 Å². The molecule has 0 fully saturated rings. The molecule has 0 spiro atoms. The second-order valence-corrected chi connectivity index (χ2v) is 3.94. The maximum Gasteiger partial charge on any atom is 0.260 e. The Hall–Kier alpha value is -1.27. The van der Waals surface area contributed by atoms with E-state index < -0.39 is 5.91 Å². The van der Waals surface area contributed by atoms with Crippen LogP contribution in [0.25, 0.3) is 0 Å². The van der Waals surface area contributed by atoms with E-state index in [9.17, 15) is 4.79 Å². The van der Waals surface area contributed by atoms with Gasteiger partial charge in [0, 0.05) is 13.2 Å². The molecular formula is C9H15N3O2S.